The molecular formula is C12H15N3O4S. The Kier molecular flexibility index (Phi) is 4.67. The number of hydrogen-bond donors (Lipinski definition) is 2. The Labute approximate surface area is 118 Å². The van der Waals surface area contributed by atoms with Gasteiger partial charge in [-0.05, 0) is 18.9 Å². The van der Waals surface area contributed by atoms with Crippen LogP contribution in [0.25, 0.3) is 0 Å². The Morgan fingerprint density at radius 3 is 2.70 bits per heavy atom. The summed E-state index contributed by atoms with van der Waals surface area (Å²) in [5, 5.41) is 16.0. The molecule has 7 nitrogen and oxygen atoms in total. The fourth-order valence-electron chi connectivity index (χ4n) is 1.99. The number of hydrogen-bond acceptors (Lipinski definition) is 4. The van der Waals surface area contributed by atoms with Crippen LogP contribution >= 0.6 is 0 Å². The van der Waals surface area contributed by atoms with Crippen molar-refractivity contribution in [3.63, 3.8) is 0 Å². The number of anilines is 1. The molecule has 20 heavy (non-hydrogen) atoms. The first-order valence-electron chi connectivity index (χ1n) is 6.21. The molecule has 1 aromatic carbocycles. The van der Waals surface area contributed by atoms with Crippen molar-refractivity contribution < 1.29 is 13.9 Å². The lowest BCUT2D eigenvalue weighted by Gasteiger charge is -2.22. The van der Waals surface area contributed by atoms with E-state index in [9.17, 15) is 19.1 Å². The second-order valence-electron chi connectivity index (χ2n) is 4.53. The number of carbonyl (C=O) groups excluding carboxylic acids is 1. The van der Waals surface area contributed by atoms with Crippen molar-refractivity contribution in [3.05, 3.63) is 34.4 Å². The summed E-state index contributed by atoms with van der Waals surface area (Å²) in [4.78, 5) is 21.9. The molecule has 1 aliphatic rings. The van der Waals surface area contributed by atoms with Crippen molar-refractivity contribution in [2.75, 3.05) is 16.8 Å². The van der Waals surface area contributed by atoms with Crippen LogP contribution in [-0.4, -0.2) is 32.7 Å². The maximum atomic E-state index is 11.8. The van der Waals surface area contributed by atoms with Gasteiger partial charge in [0, 0.05) is 46.2 Å². The second-order valence-corrected chi connectivity index (χ2v) is 6.22. The molecule has 108 valence electrons. The number of rotatable bonds is 3. The topological polar surface area (TPSA) is 101 Å². The highest BCUT2D eigenvalue weighted by molar-refractivity contribution is 7.85. The van der Waals surface area contributed by atoms with Gasteiger partial charge in [0.15, 0.2) is 0 Å². The van der Waals surface area contributed by atoms with Crippen LogP contribution in [0.15, 0.2) is 24.3 Å². The van der Waals surface area contributed by atoms with E-state index < -0.39 is 21.8 Å². The summed E-state index contributed by atoms with van der Waals surface area (Å²) in [6.07, 6.45) is 1.38. The van der Waals surface area contributed by atoms with Gasteiger partial charge in [-0.1, -0.05) is 6.07 Å². The van der Waals surface area contributed by atoms with Crippen molar-refractivity contribution in [3.8, 4) is 0 Å². The Hall–Kier alpha value is -1.96. The number of nitro benzene ring substituents is 1. The number of carbonyl (C=O) groups is 1. The van der Waals surface area contributed by atoms with Gasteiger partial charge in [-0.2, -0.15) is 0 Å². The van der Waals surface area contributed by atoms with Crippen molar-refractivity contribution in [1.82, 2.24) is 5.32 Å². The smallest absolute Gasteiger partial charge is 0.319 e. The molecule has 1 saturated heterocycles. The van der Waals surface area contributed by atoms with Crippen LogP contribution in [0.2, 0.25) is 0 Å². The maximum absolute atomic E-state index is 11.8. The van der Waals surface area contributed by atoms with Crippen LogP contribution < -0.4 is 10.6 Å². The molecule has 1 aromatic rings. The highest BCUT2D eigenvalue weighted by Crippen LogP contribution is 2.17. The molecule has 8 heteroatoms. The van der Waals surface area contributed by atoms with Crippen molar-refractivity contribution in [2.24, 2.45) is 0 Å². The summed E-state index contributed by atoms with van der Waals surface area (Å²) in [5.41, 5.74) is 0.298. The normalized spacial score (nSPS) is 22.0. The first-order chi connectivity index (χ1) is 9.54. The van der Waals surface area contributed by atoms with E-state index in [1.165, 1.54) is 18.2 Å². The average molecular weight is 297 g/mol. The van der Waals surface area contributed by atoms with Crippen molar-refractivity contribution >= 4 is 28.2 Å². The molecule has 0 spiro atoms. The van der Waals surface area contributed by atoms with E-state index in [-0.39, 0.29) is 11.7 Å². The number of nitro groups is 1. The number of non-ortho nitro benzene ring substituents is 1. The standard InChI is InChI=1S/C12H15N3O4S/c16-12(13-9-4-6-20(19)7-5-9)14-10-2-1-3-11(8-10)15(17)18/h1-3,8-9H,4-7H2,(H2,13,14,16). The molecular weight excluding hydrogens is 282 g/mol. The lowest BCUT2D eigenvalue weighted by atomic mass is 10.2. The Balaban J connectivity index is 1.89. The molecule has 2 N–H and O–H groups in total. The Morgan fingerprint density at radius 2 is 2.05 bits per heavy atom. The van der Waals surface area contributed by atoms with E-state index in [1.54, 1.807) is 6.07 Å². The van der Waals surface area contributed by atoms with Gasteiger partial charge in [0.1, 0.15) is 0 Å². The maximum Gasteiger partial charge on any atom is 0.319 e. The van der Waals surface area contributed by atoms with E-state index in [2.05, 4.69) is 10.6 Å². The van der Waals surface area contributed by atoms with E-state index in [0.717, 1.165) is 0 Å². The van der Waals surface area contributed by atoms with Crippen LogP contribution in [0, 0.1) is 10.1 Å². The van der Waals surface area contributed by atoms with Crippen LogP contribution in [0.3, 0.4) is 0 Å². The number of nitrogens with zero attached hydrogens (tertiary/aromatic N) is 1. The van der Waals surface area contributed by atoms with E-state index in [0.29, 0.717) is 30.0 Å². The predicted molar refractivity (Wildman–Crippen MR) is 76.1 cm³/mol. The quantitative estimate of drug-likeness (QED) is 0.654. The summed E-state index contributed by atoms with van der Waals surface area (Å²) in [6, 6.07) is 5.37. The van der Waals surface area contributed by atoms with Gasteiger partial charge in [-0.15, -0.1) is 0 Å². The molecule has 1 aliphatic heterocycles. The van der Waals surface area contributed by atoms with E-state index in [4.69, 9.17) is 0 Å². The number of nitrogens with one attached hydrogen (secondary N) is 2. The van der Waals surface area contributed by atoms with E-state index in [1.807, 2.05) is 0 Å². The summed E-state index contributed by atoms with van der Waals surface area (Å²) >= 11 is 0. The minimum atomic E-state index is -0.769. The summed E-state index contributed by atoms with van der Waals surface area (Å²) in [7, 11) is -0.769. The summed E-state index contributed by atoms with van der Waals surface area (Å²) in [5.74, 6) is 1.20. The largest absolute Gasteiger partial charge is 0.335 e. The molecule has 2 amide bonds. The molecule has 1 heterocycles. The second kappa shape index (κ2) is 6.47. The minimum Gasteiger partial charge on any atom is -0.335 e. The predicted octanol–water partition coefficient (Wildman–Crippen LogP) is 1.63. The molecule has 0 unspecified atom stereocenters. The first-order valence-corrected chi connectivity index (χ1v) is 7.70. The van der Waals surface area contributed by atoms with Crippen LogP contribution in [0.4, 0.5) is 16.2 Å². The lowest BCUT2D eigenvalue weighted by molar-refractivity contribution is -0.384. The van der Waals surface area contributed by atoms with Crippen molar-refractivity contribution in [1.29, 1.82) is 0 Å². The molecule has 0 bridgehead atoms. The zero-order valence-electron chi connectivity index (χ0n) is 10.7. The fourth-order valence-corrected chi connectivity index (χ4v) is 3.29. The molecule has 0 radical (unpaired) electrons. The third-order valence-corrected chi connectivity index (χ3v) is 4.42. The lowest BCUT2D eigenvalue weighted by Crippen LogP contribution is -2.41. The van der Waals surface area contributed by atoms with Gasteiger partial charge >= 0.3 is 6.03 Å². The molecule has 2 rings (SSSR count). The van der Waals surface area contributed by atoms with Crippen LogP contribution in [0.5, 0.6) is 0 Å². The summed E-state index contributed by atoms with van der Waals surface area (Å²) in [6.45, 7) is 0. The molecule has 0 saturated carbocycles. The van der Waals surface area contributed by atoms with Crippen molar-refractivity contribution in [2.45, 2.75) is 18.9 Å². The third-order valence-electron chi connectivity index (χ3n) is 3.04. The Morgan fingerprint density at radius 1 is 1.35 bits per heavy atom. The zero-order valence-corrected chi connectivity index (χ0v) is 11.5. The van der Waals surface area contributed by atoms with E-state index >= 15 is 0 Å². The average Bonchev–Trinajstić information content (AvgIpc) is 2.41. The van der Waals surface area contributed by atoms with Gasteiger partial charge in [-0.25, -0.2) is 4.79 Å². The molecule has 0 atom stereocenters. The van der Waals surface area contributed by atoms with Gasteiger partial charge in [-0.3, -0.25) is 14.3 Å². The van der Waals surface area contributed by atoms with Gasteiger partial charge < -0.3 is 10.6 Å². The molecule has 0 aliphatic carbocycles. The molecule has 1 fully saturated rings. The Bertz CT molecular complexity index is 539. The van der Waals surface area contributed by atoms with Crippen LogP contribution in [0.1, 0.15) is 12.8 Å². The highest BCUT2D eigenvalue weighted by atomic mass is 32.2. The number of benzene rings is 1. The first kappa shape index (κ1) is 14.4. The van der Waals surface area contributed by atoms with Gasteiger partial charge in [0.25, 0.3) is 5.69 Å². The molecule has 0 aromatic heterocycles. The monoisotopic (exact) mass is 297 g/mol. The zero-order chi connectivity index (χ0) is 14.5. The van der Waals surface area contributed by atoms with Gasteiger partial charge in [0.05, 0.1) is 4.92 Å². The SMILES string of the molecule is O=C(Nc1cccc([N+](=O)[O-])c1)NC1CCS(=O)CC1. The van der Waals surface area contributed by atoms with Gasteiger partial charge in [0.2, 0.25) is 0 Å². The fraction of sp³-hybridized carbons (Fsp3) is 0.417. The number of amides is 2. The highest BCUT2D eigenvalue weighted by Gasteiger charge is 2.19. The minimum absolute atomic E-state index is 0.00592. The number of urea groups is 1. The van der Waals surface area contributed by atoms with Crippen LogP contribution in [-0.2, 0) is 10.8 Å². The third kappa shape index (κ3) is 4.02. The summed E-state index contributed by atoms with van der Waals surface area (Å²) < 4.78 is 11.2.